The van der Waals surface area contributed by atoms with Crippen LogP contribution in [0.4, 0.5) is 0 Å². The summed E-state index contributed by atoms with van der Waals surface area (Å²) in [6.07, 6.45) is 2.21. The average Bonchev–Trinajstić information content (AvgIpc) is 3.74. The zero-order valence-corrected chi connectivity index (χ0v) is 22.0. The van der Waals surface area contributed by atoms with E-state index in [0.717, 1.165) is 29.8 Å². The van der Waals surface area contributed by atoms with Gasteiger partial charge < -0.3 is 28.6 Å². The predicted molar refractivity (Wildman–Crippen MR) is 136 cm³/mol. The van der Waals surface area contributed by atoms with Gasteiger partial charge in [-0.1, -0.05) is 0 Å². The van der Waals surface area contributed by atoms with Gasteiger partial charge in [0.1, 0.15) is 6.04 Å². The van der Waals surface area contributed by atoms with Crippen LogP contribution in [-0.2, 0) is 15.9 Å². The number of piperidine rings is 1. The average molecular weight is 535 g/mol. The fourth-order valence-electron chi connectivity index (χ4n) is 6.07. The number of fused-ring (bicyclic) bond motifs is 2. The van der Waals surface area contributed by atoms with Gasteiger partial charge in [0.25, 0.3) is 5.91 Å². The Morgan fingerprint density at radius 2 is 1.85 bits per heavy atom. The summed E-state index contributed by atoms with van der Waals surface area (Å²) in [6, 6.07) is 9.17. The molecule has 3 aromatic rings. The monoisotopic (exact) mass is 534 g/mol. The summed E-state index contributed by atoms with van der Waals surface area (Å²) in [5.41, 5.74) is 3.46. The molecular weight excluding hydrogens is 504 g/mol. The Hall–Kier alpha value is -3.74. The van der Waals surface area contributed by atoms with Crippen molar-refractivity contribution in [3.05, 3.63) is 52.8 Å². The summed E-state index contributed by atoms with van der Waals surface area (Å²) >= 11 is 0. The highest BCUT2D eigenvalue weighted by atomic mass is 16.7. The highest BCUT2D eigenvalue weighted by Crippen LogP contribution is 2.50. The molecular formula is C27H30N6O6. The lowest BCUT2D eigenvalue weighted by atomic mass is 9.90. The largest absolute Gasteiger partial charge is 0.492 e. The summed E-state index contributed by atoms with van der Waals surface area (Å²) in [5, 5.41) is 12.8. The van der Waals surface area contributed by atoms with Gasteiger partial charge in [0.15, 0.2) is 23.1 Å². The number of hydrogen-bond donors (Lipinski definition) is 0. The van der Waals surface area contributed by atoms with Crippen molar-refractivity contribution in [2.45, 2.75) is 31.1 Å². The Labute approximate surface area is 225 Å². The molecule has 2 fully saturated rings. The van der Waals surface area contributed by atoms with Gasteiger partial charge in [-0.2, -0.15) is 4.68 Å². The SMILES string of the molecule is COc1c2c(cc3c1[C@@H](c1nnnn1-c1ccc(C(=O)N4CCC5(CC4)OCCO5)cc1)N(C)CC3)OCO2. The second-order valence-corrected chi connectivity index (χ2v) is 10.2. The van der Waals surface area contributed by atoms with Crippen LogP contribution in [-0.4, -0.2) is 95.5 Å². The van der Waals surface area contributed by atoms with E-state index in [1.807, 2.05) is 42.3 Å². The molecule has 1 atom stereocenters. The van der Waals surface area contributed by atoms with E-state index in [4.69, 9.17) is 23.7 Å². The van der Waals surface area contributed by atoms with Gasteiger partial charge in [0, 0.05) is 43.6 Å². The molecule has 204 valence electrons. The zero-order valence-electron chi connectivity index (χ0n) is 22.0. The molecule has 39 heavy (non-hydrogen) atoms. The molecule has 0 radical (unpaired) electrons. The number of carbonyl (C=O) groups is 1. The van der Waals surface area contributed by atoms with Gasteiger partial charge in [-0.15, -0.1) is 5.10 Å². The van der Waals surface area contributed by atoms with E-state index in [1.165, 1.54) is 0 Å². The van der Waals surface area contributed by atoms with Gasteiger partial charge in [0.2, 0.25) is 12.5 Å². The Morgan fingerprint density at radius 1 is 1.08 bits per heavy atom. The number of carbonyl (C=O) groups excluding carboxylic acids is 1. The van der Waals surface area contributed by atoms with Crippen LogP contribution in [0.1, 0.15) is 46.2 Å². The van der Waals surface area contributed by atoms with Crippen LogP contribution < -0.4 is 14.2 Å². The Bertz CT molecular complexity index is 1390. The maximum atomic E-state index is 13.2. The fourth-order valence-corrected chi connectivity index (χ4v) is 6.07. The van der Waals surface area contributed by atoms with E-state index in [2.05, 4.69) is 20.4 Å². The molecule has 0 bridgehead atoms. The molecule has 0 unspecified atom stereocenters. The quantitative estimate of drug-likeness (QED) is 0.492. The molecule has 1 aromatic heterocycles. The Morgan fingerprint density at radius 3 is 2.59 bits per heavy atom. The number of likely N-dealkylation sites (N-methyl/N-ethyl adjacent to an activating group) is 1. The maximum Gasteiger partial charge on any atom is 0.253 e. The van der Waals surface area contributed by atoms with Crippen molar-refractivity contribution in [1.29, 1.82) is 0 Å². The fraction of sp³-hybridized carbons (Fsp3) is 0.481. The molecule has 1 amide bonds. The smallest absolute Gasteiger partial charge is 0.253 e. The minimum atomic E-state index is -0.510. The predicted octanol–water partition coefficient (Wildman–Crippen LogP) is 1.96. The van der Waals surface area contributed by atoms with Crippen molar-refractivity contribution in [3.63, 3.8) is 0 Å². The van der Waals surface area contributed by atoms with Gasteiger partial charge in [-0.05, 0) is 59.8 Å². The first kappa shape index (κ1) is 24.3. The molecule has 4 aliphatic heterocycles. The number of tetrazole rings is 1. The van der Waals surface area contributed by atoms with Crippen LogP contribution in [0.3, 0.4) is 0 Å². The number of nitrogens with zero attached hydrogens (tertiary/aromatic N) is 6. The molecule has 1 spiro atoms. The topological polar surface area (TPSA) is 113 Å². The van der Waals surface area contributed by atoms with E-state index in [-0.39, 0.29) is 18.7 Å². The first-order chi connectivity index (χ1) is 19.1. The number of hydrogen-bond acceptors (Lipinski definition) is 10. The Kier molecular flexibility index (Phi) is 5.90. The van der Waals surface area contributed by atoms with Crippen molar-refractivity contribution in [1.82, 2.24) is 30.0 Å². The standard InChI is InChI=1S/C27H30N6O6/c1-31-10-7-18-15-20-23(37-16-36-20)24(35-2)21(18)22(31)25-28-29-30-33(25)19-5-3-17(4-6-19)26(34)32-11-8-27(9-12-32)38-13-14-39-27/h3-6,15,22H,7-14,16H2,1-2H3/t22-/m0/s1. The summed E-state index contributed by atoms with van der Waals surface area (Å²) in [7, 11) is 3.68. The number of amides is 1. The third kappa shape index (κ3) is 4.01. The molecule has 7 rings (SSSR count). The second kappa shape index (κ2) is 9.47. The number of likely N-dealkylation sites (tertiary alicyclic amines) is 1. The summed E-state index contributed by atoms with van der Waals surface area (Å²) in [4.78, 5) is 17.3. The lowest BCUT2D eigenvalue weighted by molar-refractivity contribution is -0.181. The highest BCUT2D eigenvalue weighted by Gasteiger charge is 2.41. The van der Waals surface area contributed by atoms with E-state index < -0.39 is 5.79 Å². The molecule has 0 saturated carbocycles. The minimum Gasteiger partial charge on any atom is -0.492 e. The first-order valence-electron chi connectivity index (χ1n) is 13.2. The molecule has 2 aromatic carbocycles. The normalized spacial score (nSPS) is 21.8. The van der Waals surface area contributed by atoms with Gasteiger partial charge in [-0.3, -0.25) is 9.69 Å². The van der Waals surface area contributed by atoms with Crippen LogP contribution in [0.2, 0.25) is 0 Å². The van der Waals surface area contributed by atoms with Crippen molar-refractivity contribution in [2.75, 3.05) is 53.8 Å². The number of methoxy groups -OCH3 is 1. The summed E-state index contributed by atoms with van der Waals surface area (Å²) in [6.45, 7) is 3.42. The second-order valence-electron chi connectivity index (χ2n) is 10.2. The molecule has 12 heteroatoms. The van der Waals surface area contributed by atoms with Crippen molar-refractivity contribution < 1.29 is 28.5 Å². The molecule has 2 saturated heterocycles. The number of benzene rings is 2. The lowest BCUT2D eigenvalue weighted by Gasteiger charge is -2.37. The molecule has 0 aliphatic carbocycles. The van der Waals surface area contributed by atoms with E-state index in [1.54, 1.807) is 11.8 Å². The molecule has 12 nitrogen and oxygen atoms in total. The molecule has 5 heterocycles. The lowest BCUT2D eigenvalue weighted by Crippen LogP contribution is -2.47. The third-order valence-corrected chi connectivity index (χ3v) is 8.12. The maximum absolute atomic E-state index is 13.2. The third-order valence-electron chi connectivity index (χ3n) is 8.12. The Balaban J connectivity index is 1.16. The number of ether oxygens (including phenoxy) is 5. The van der Waals surface area contributed by atoms with Crippen LogP contribution in [0, 0.1) is 0 Å². The van der Waals surface area contributed by atoms with Crippen molar-refractivity contribution in [2.24, 2.45) is 0 Å². The number of rotatable bonds is 4. The first-order valence-corrected chi connectivity index (χ1v) is 13.2. The van der Waals surface area contributed by atoms with Gasteiger partial charge in [0.05, 0.1) is 26.0 Å². The molecule has 0 N–H and O–H groups in total. The van der Waals surface area contributed by atoms with E-state index in [0.29, 0.717) is 67.8 Å². The minimum absolute atomic E-state index is 0.00640. The van der Waals surface area contributed by atoms with Crippen LogP contribution in [0.5, 0.6) is 17.2 Å². The molecule has 4 aliphatic rings. The van der Waals surface area contributed by atoms with Gasteiger partial charge in [-0.25, -0.2) is 0 Å². The summed E-state index contributed by atoms with van der Waals surface area (Å²) in [5.74, 6) is 2.07. The van der Waals surface area contributed by atoms with Crippen LogP contribution >= 0.6 is 0 Å². The van der Waals surface area contributed by atoms with Gasteiger partial charge >= 0.3 is 0 Å². The van der Waals surface area contributed by atoms with Crippen LogP contribution in [0.25, 0.3) is 5.69 Å². The zero-order chi connectivity index (χ0) is 26.6. The van der Waals surface area contributed by atoms with Crippen molar-refractivity contribution >= 4 is 5.91 Å². The van der Waals surface area contributed by atoms with Crippen molar-refractivity contribution in [3.8, 4) is 22.9 Å². The van der Waals surface area contributed by atoms with Crippen LogP contribution in [0.15, 0.2) is 30.3 Å². The summed E-state index contributed by atoms with van der Waals surface area (Å²) < 4.78 is 30.5. The van der Waals surface area contributed by atoms with E-state index >= 15 is 0 Å². The highest BCUT2D eigenvalue weighted by molar-refractivity contribution is 5.94. The van der Waals surface area contributed by atoms with E-state index in [9.17, 15) is 4.79 Å². The number of aromatic nitrogens is 4.